The summed E-state index contributed by atoms with van der Waals surface area (Å²) < 4.78 is 68.3. The molecule has 6 heterocycles. The molecule has 2 aromatic heterocycles. The van der Waals surface area contributed by atoms with E-state index in [2.05, 4.69) is 9.97 Å². The van der Waals surface area contributed by atoms with Crippen LogP contribution < -0.4 is 28.4 Å². The predicted octanol–water partition coefficient (Wildman–Crippen LogP) is -1.85. The van der Waals surface area contributed by atoms with Gasteiger partial charge in [-0.15, -0.1) is 0 Å². The normalized spacial score (nSPS) is 30.0. The molecule has 12 rings (SSSR count). The number of H-pyrrole nitrogens is 2. The van der Waals surface area contributed by atoms with Crippen molar-refractivity contribution in [2.75, 3.05) is 106 Å². The fourth-order valence-corrected chi connectivity index (χ4v) is 13.4. The summed E-state index contributed by atoms with van der Waals surface area (Å²) in [6.07, 6.45) is -28.4. The molecule has 4 saturated heterocycles. The molecule has 32 heteroatoms. The number of nitrogens with one attached hydrogen (secondary N) is 2. The second-order valence-electron chi connectivity index (χ2n) is 26.0. The zero-order valence-electron chi connectivity index (χ0n) is 56.9. The van der Waals surface area contributed by atoms with Gasteiger partial charge in [0.2, 0.25) is 11.6 Å². The van der Waals surface area contributed by atoms with Gasteiger partial charge in [0.25, 0.3) is 0 Å². The van der Waals surface area contributed by atoms with Crippen LogP contribution in [0.1, 0.15) is 0 Å². The minimum Gasteiger partial charge on any atom is -0.493 e. The molecular weight excluding hydrogens is 1370 g/mol. The van der Waals surface area contributed by atoms with Crippen molar-refractivity contribution in [1.82, 2.24) is 19.8 Å². The molecule has 8 unspecified atom stereocenters. The minimum atomic E-state index is -2.39. The lowest BCUT2D eigenvalue weighted by atomic mass is 9.95. The van der Waals surface area contributed by atoms with Crippen molar-refractivity contribution in [2.24, 2.45) is 0 Å². The molecule has 0 aliphatic carbocycles. The first kappa shape index (κ1) is 77.8. The monoisotopic (exact) mass is 1460 g/mol. The Morgan fingerprint density at radius 2 is 0.846 bits per heavy atom. The highest BCUT2D eigenvalue weighted by molar-refractivity contribution is 6.11. The van der Waals surface area contributed by atoms with Gasteiger partial charge >= 0.3 is 0 Å². The quantitative estimate of drug-likeness (QED) is 0.0227. The molecule has 0 bridgehead atoms. The summed E-state index contributed by atoms with van der Waals surface area (Å²) in [6, 6.07) is 40.8. The average molecular weight is 1460 g/mol. The van der Waals surface area contributed by atoms with Gasteiger partial charge < -0.3 is 149 Å². The molecule has 4 fully saturated rings. The SMILES string of the molecule is COc1ccccc1OCCN(C[C@H](O)COc1cccc2[nH]c3ccccc3c12)CC1(O)OC[C@@H](O)[C@H](O[C@@H]2OC(CO)[C@H](O)[C@@H](O)C2O)C1O.COc1ccccc1OCCN(C[C@H](O)COc1cccc2[nH]c3ccccc3c12)CC1(O)O[C@H](CO)[C@H](O[C@@H]2OC(CO)[C@H](O)[C@@H](O)C2O)C1O. The third-order valence-electron chi connectivity index (χ3n) is 18.8. The molecule has 6 aromatic carbocycles. The summed E-state index contributed by atoms with van der Waals surface area (Å²) >= 11 is 0. The number of aliphatic hydroxyl groups is 16. The Morgan fingerprint density at radius 1 is 0.452 bits per heavy atom. The first-order chi connectivity index (χ1) is 50.1. The maximum Gasteiger partial charge on any atom is 0.208 e. The molecule has 0 spiro atoms. The lowest BCUT2D eigenvalue weighted by Gasteiger charge is -2.47. The Kier molecular flexibility index (Phi) is 26.2. The van der Waals surface area contributed by atoms with E-state index in [0.717, 1.165) is 43.6 Å². The van der Waals surface area contributed by atoms with Crippen molar-refractivity contribution in [2.45, 2.75) is 122 Å². The average Bonchev–Trinajstić information content (AvgIpc) is 0.951. The van der Waals surface area contributed by atoms with Crippen LogP contribution in [0.5, 0.6) is 34.5 Å². The van der Waals surface area contributed by atoms with Crippen LogP contribution in [0.25, 0.3) is 43.6 Å². The van der Waals surface area contributed by atoms with E-state index in [1.165, 1.54) is 14.2 Å². The molecular formula is C72H92N4O28. The van der Waals surface area contributed by atoms with Gasteiger partial charge in [-0.3, -0.25) is 9.80 Å². The number of hydrogen-bond acceptors (Lipinski definition) is 30. The summed E-state index contributed by atoms with van der Waals surface area (Å²) in [5.41, 5.74) is 3.62. The number of para-hydroxylation sites is 6. The van der Waals surface area contributed by atoms with Crippen molar-refractivity contribution >= 4 is 43.6 Å². The Morgan fingerprint density at radius 3 is 1.30 bits per heavy atom. The first-order valence-electron chi connectivity index (χ1n) is 34.0. The van der Waals surface area contributed by atoms with E-state index in [4.69, 9.17) is 56.8 Å². The maximum atomic E-state index is 11.7. The molecule has 0 amide bonds. The van der Waals surface area contributed by atoms with Gasteiger partial charge in [0.15, 0.2) is 35.6 Å². The number of aromatic nitrogens is 2. The summed E-state index contributed by atoms with van der Waals surface area (Å²) in [7, 11) is 3.02. The second-order valence-corrected chi connectivity index (χ2v) is 26.0. The van der Waals surface area contributed by atoms with Gasteiger partial charge in [-0.05, 0) is 60.7 Å². The summed E-state index contributed by atoms with van der Waals surface area (Å²) in [4.78, 5) is 9.89. The fourth-order valence-electron chi connectivity index (χ4n) is 13.4. The molecule has 8 aromatic rings. The second kappa shape index (κ2) is 35.0. The molecule has 4 aliphatic rings. The molecule has 568 valence electrons. The molecule has 18 N–H and O–H groups in total. The van der Waals surface area contributed by atoms with E-state index < -0.39 is 161 Å². The topological polar surface area (TPSA) is 473 Å². The smallest absolute Gasteiger partial charge is 0.208 e. The molecule has 4 aliphatic heterocycles. The number of nitrogens with zero attached hydrogens (tertiary/aromatic N) is 2. The van der Waals surface area contributed by atoms with Crippen LogP contribution in [-0.4, -0.2) is 330 Å². The van der Waals surface area contributed by atoms with Crippen LogP contribution in [0.4, 0.5) is 0 Å². The van der Waals surface area contributed by atoms with Crippen molar-refractivity contribution in [3.63, 3.8) is 0 Å². The van der Waals surface area contributed by atoms with E-state index in [-0.39, 0.29) is 52.6 Å². The van der Waals surface area contributed by atoms with Crippen molar-refractivity contribution < 1.29 is 139 Å². The molecule has 0 radical (unpaired) electrons. The van der Waals surface area contributed by atoms with Gasteiger partial charge in [0, 0.05) is 58.8 Å². The van der Waals surface area contributed by atoms with Crippen LogP contribution in [0, 0.1) is 0 Å². The number of fused-ring (bicyclic) bond motifs is 6. The molecule has 0 saturated carbocycles. The Labute approximate surface area is 595 Å². The third kappa shape index (κ3) is 17.6. The third-order valence-corrected chi connectivity index (χ3v) is 18.8. The van der Waals surface area contributed by atoms with Gasteiger partial charge in [-0.1, -0.05) is 72.8 Å². The number of methoxy groups -OCH3 is 2. The number of benzene rings is 6. The van der Waals surface area contributed by atoms with Gasteiger partial charge in [-0.2, -0.15) is 0 Å². The maximum absolute atomic E-state index is 11.7. The van der Waals surface area contributed by atoms with Gasteiger partial charge in [0.1, 0.15) is 136 Å². The summed E-state index contributed by atoms with van der Waals surface area (Å²) in [5, 5.41) is 174. The van der Waals surface area contributed by atoms with E-state index in [1.807, 2.05) is 84.9 Å². The van der Waals surface area contributed by atoms with Crippen LogP contribution in [0.2, 0.25) is 0 Å². The van der Waals surface area contributed by atoms with Crippen LogP contribution in [0.15, 0.2) is 133 Å². The lowest BCUT2D eigenvalue weighted by Crippen LogP contribution is -2.68. The van der Waals surface area contributed by atoms with Gasteiger partial charge in [0.05, 0.1) is 64.8 Å². The highest BCUT2D eigenvalue weighted by Gasteiger charge is 2.58. The Bertz CT molecular complexity index is 3800. The highest BCUT2D eigenvalue weighted by Crippen LogP contribution is 2.39. The fraction of sp³-hybridized carbons (Fsp3) is 0.500. The number of aliphatic hydroxyl groups excluding tert-OH is 14. The van der Waals surface area contributed by atoms with E-state index in [1.54, 1.807) is 58.3 Å². The van der Waals surface area contributed by atoms with E-state index in [0.29, 0.717) is 34.5 Å². The van der Waals surface area contributed by atoms with Crippen molar-refractivity contribution in [3.05, 3.63) is 133 Å². The lowest BCUT2D eigenvalue weighted by molar-refractivity contribution is -0.370. The van der Waals surface area contributed by atoms with Crippen molar-refractivity contribution in [1.29, 1.82) is 0 Å². The zero-order valence-corrected chi connectivity index (χ0v) is 56.9. The number of hydrogen-bond donors (Lipinski definition) is 18. The van der Waals surface area contributed by atoms with E-state index in [9.17, 15) is 81.7 Å². The van der Waals surface area contributed by atoms with Crippen LogP contribution in [0.3, 0.4) is 0 Å². The molecule has 104 heavy (non-hydrogen) atoms. The first-order valence-corrected chi connectivity index (χ1v) is 34.0. The van der Waals surface area contributed by atoms with Gasteiger partial charge in [-0.25, -0.2) is 0 Å². The largest absolute Gasteiger partial charge is 0.493 e. The predicted molar refractivity (Wildman–Crippen MR) is 368 cm³/mol. The summed E-state index contributed by atoms with van der Waals surface area (Å²) in [5.74, 6) is -1.72. The Hall–Kier alpha value is -7.24. The van der Waals surface area contributed by atoms with E-state index >= 15 is 0 Å². The Balaban J connectivity index is 0.000000208. The molecule has 32 nitrogen and oxygen atoms in total. The van der Waals surface area contributed by atoms with Crippen molar-refractivity contribution in [3.8, 4) is 34.5 Å². The van der Waals surface area contributed by atoms with Crippen LogP contribution >= 0.6 is 0 Å². The standard InChI is InChI=1S/2C36H46N2O14/c1-47-24-10-4-5-11-25(24)48-14-13-38(15-20(41)18-49-26-12-6-9-23-29(26)21-7-2-3-8-22(21)37-23)19-36(46)34(45)33(28(17-40)52-36)51-35-32(44)31(43)30(42)27(16-39)50-35;1-47-25-10-4-5-11-26(25)48-14-13-38(15-20(40)17-49-27-12-6-9-23-29(27)21-7-2-3-8-22(21)37-23)19-36(46)34(45)33(24(41)18-50-36)52-35-32(44)31(43)30(42)28(16-39)51-35/h2-12,20,27-28,30-35,37,39-46H,13-19H2,1H3;2-12,20,24,28,30-35,37,39-46H,13-19H2,1H3/t20-,27?,28+,30-,31+,32?,33-,34?,35-,36?;20-,24+,28?,30-,31+,32?,33-,34?,35-,36?/m00/s1. The number of ether oxygens (including phenoxy) is 12. The summed E-state index contributed by atoms with van der Waals surface area (Å²) in [6.45, 7) is -3.61. The number of aromatic amines is 2. The zero-order chi connectivity index (χ0) is 74.0. The number of rotatable bonds is 31. The van der Waals surface area contributed by atoms with Crippen LogP contribution in [-0.2, 0) is 28.4 Å². The molecule has 20 atom stereocenters. The minimum absolute atomic E-state index is 0.0577. The highest BCUT2D eigenvalue weighted by atomic mass is 16.7.